The summed E-state index contributed by atoms with van der Waals surface area (Å²) in [6.45, 7) is 4.18. The van der Waals surface area contributed by atoms with Crippen LogP contribution in [0.2, 0.25) is 0 Å². The Morgan fingerprint density at radius 1 is 0.730 bits per heavy atom. The molecule has 0 saturated carbocycles. The van der Waals surface area contributed by atoms with Gasteiger partial charge < -0.3 is 18.9 Å². The van der Waals surface area contributed by atoms with Crippen LogP contribution in [0.15, 0.2) is 0 Å². The summed E-state index contributed by atoms with van der Waals surface area (Å²) in [6, 6.07) is 0. The Labute approximate surface area is 225 Å². The third-order valence-corrected chi connectivity index (χ3v) is 6.87. The number of ether oxygens (including phenoxy) is 2. The Morgan fingerprint density at radius 2 is 1.22 bits per heavy atom. The fraction of sp³-hybridized carbons (Fsp3) is 0.926. The molecule has 9 nitrogen and oxygen atoms in total. The maximum Gasteiger partial charge on any atom is 0.472 e. The van der Waals surface area contributed by atoms with E-state index in [2.05, 4.69) is 6.92 Å². The van der Waals surface area contributed by atoms with Crippen molar-refractivity contribution in [3.8, 4) is 0 Å². The van der Waals surface area contributed by atoms with Gasteiger partial charge in [-0.1, -0.05) is 84.5 Å². The van der Waals surface area contributed by atoms with Gasteiger partial charge in [0.1, 0.15) is 19.8 Å². The number of likely N-dealkylation sites (N-methyl/N-ethyl adjacent to an activating group) is 1. The van der Waals surface area contributed by atoms with Gasteiger partial charge in [0, 0.05) is 12.8 Å². The summed E-state index contributed by atoms with van der Waals surface area (Å²) in [6.07, 6.45) is 13.8. The zero-order valence-corrected chi connectivity index (χ0v) is 25.1. The summed E-state index contributed by atoms with van der Waals surface area (Å²) in [5.41, 5.74) is 0. The van der Waals surface area contributed by atoms with Gasteiger partial charge in [-0.2, -0.15) is 0 Å². The summed E-state index contributed by atoms with van der Waals surface area (Å²) in [5.74, 6) is -0.829. The minimum Gasteiger partial charge on any atom is -0.462 e. The number of hydrogen-bond donors (Lipinski definition) is 1. The number of esters is 2. The monoisotopic (exact) mass is 552 g/mol. The molecule has 0 aromatic carbocycles. The second kappa shape index (κ2) is 21.9. The molecule has 220 valence electrons. The Kier molecular flexibility index (Phi) is 21.3. The predicted octanol–water partition coefficient (Wildman–Crippen LogP) is 6.17. The molecule has 37 heavy (non-hydrogen) atoms. The van der Waals surface area contributed by atoms with Crippen LogP contribution in [0.1, 0.15) is 110 Å². The average molecular weight is 553 g/mol. The lowest BCUT2D eigenvalue weighted by atomic mass is 10.1. The molecule has 0 aromatic rings. The molecule has 0 aliphatic rings. The van der Waals surface area contributed by atoms with Gasteiger partial charge in [0.2, 0.25) is 0 Å². The number of carbonyl (C=O) groups excluding carboxylic acids is 2. The van der Waals surface area contributed by atoms with Gasteiger partial charge in [0.25, 0.3) is 0 Å². The molecule has 0 saturated heterocycles. The molecule has 10 heteroatoms. The van der Waals surface area contributed by atoms with E-state index >= 15 is 0 Å². The maximum absolute atomic E-state index is 12.2. The van der Waals surface area contributed by atoms with E-state index < -0.39 is 26.5 Å². The van der Waals surface area contributed by atoms with E-state index in [0.29, 0.717) is 23.9 Å². The second-order valence-electron chi connectivity index (χ2n) is 10.8. The number of rotatable bonds is 25. The molecule has 0 aromatic heterocycles. The third kappa shape index (κ3) is 25.1. The molecule has 2 atom stereocenters. The molecule has 0 amide bonds. The van der Waals surface area contributed by atoms with E-state index in [0.717, 1.165) is 32.1 Å². The third-order valence-electron chi connectivity index (χ3n) is 5.89. The summed E-state index contributed by atoms with van der Waals surface area (Å²) in [7, 11) is 1.47. The first-order valence-corrected chi connectivity index (χ1v) is 15.8. The number of hydrogen-bond acceptors (Lipinski definition) is 7. The summed E-state index contributed by atoms with van der Waals surface area (Å²) in [5, 5.41) is 0. The predicted molar refractivity (Wildman–Crippen MR) is 146 cm³/mol. The highest BCUT2D eigenvalue weighted by Crippen LogP contribution is 2.43. The van der Waals surface area contributed by atoms with Gasteiger partial charge in [-0.25, -0.2) is 4.57 Å². The second-order valence-corrected chi connectivity index (χ2v) is 12.2. The highest BCUT2D eigenvalue weighted by Gasteiger charge is 2.27. The number of nitrogens with zero attached hydrogens (tertiary/aromatic N) is 1. The summed E-state index contributed by atoms with van der Waals surface area (Å²) in [4.78, 5) is 34.3. The molecule has 0 aliphatic heterocycles. The van der Waals surface area contributed by atoms with Crippen LogP contribution in [0, 0.1) is 0 Å². The van der Waals surface area contributed by atoms with Crippen LogP contribution in [-0.2, 0) is 32.7 Å². The van der Waals surface area contributed by atoms with Crippen LogP contribution in [0.25, 0.3) is 0 Å². The van der Waals surface area contributed by atoms with Gasteiger partial charge >= 0.3 is 19.8 Å². The minimum atomic E-state index is -4.33. The standard InChI is InChI=1S/C27H54NO8P/c1-6-8-10-11-12-13-14-15-16-18-19-26(29)33-23-25(36-27(30)20-17-9-7-2)24-35-37(31,32)34-22-21-28(3,4)5/h25H,6-24H2,1-5H3/p+1/t25-/m0/s1. The van der Waals surface area contributed by atoms with Gasteiger partial charge in [-0.15, -0.1) is 0 Å². The highest BCUT2D eigenvalue weighted by atomic mass is 31.2. The van der Waals surface area contributed by atoms with Crippen molar-refractivity contribution in [1.29, 1.82) is 0 Å². The molecule has 0 rings (SSSR count). The van der Waals surface area contributed by atoms with E-state index in [1.165, 1.54) is 44.9 Å². The van der Waals surface area contributed by atoms with Crippen LogP contribution in [0.4, 0.5) is 0 Å². The van der Waals surface area contributed by atoms with E-state index in [4.69, 9.17) is 18.5 Å². The van der Waals surface area contributed by atoms with E-state index in [1.54, 1.807) is 0 Å². The molecule has 1 unspecified atom stereocenters. The average Bonchev–Trinajstić information content (AvgIpc) is 2.81. The fourth-order valence-electron chi connectivity index (χ4n) is 3.54. The van der Waals surface area contributed by atoms with Crippen molar-refractivity contribution < 1.29 is 42.1 Å². The van der Waals surface area contributed by atoms with Crippen LogP contribution in [-0.4, -0.2) is 74.9 Å². The van der Waals surface area contributed by atoms with Crippen molar-refractivity contribution in [2.24, 2.45) is 0 Å². The molecule has 0 aliphatic carbocycles. The molecular formula is C27H55NO8P+. The Hall–Kier alpha value is -0.990. The van der Waals surface area contributed by atoms with Crippen molar-refractivity contribution in [2.75, 3.05) is 47.5 Å². The van der Waals surface area contributed by atoms with Crippen LogP contribution >= 0.6 is 7.82 Å². The van der Waals surface area contributed by atoms with E-state index in [1.807, 2.05) is 28.1 Å². The van der Waals surface area contributed by atoms with Crippen molar-refractivity contribution in [1.82, 2.24) is 0 Å². The van der Waals surface area contributed by atoms with Crippen molar-refractivity contribution in [3.05, 3.63) is 0 Å². The summed E-state index contributed by atoms with van der Waals surface area (Å²) < 4.78 is 33.5. The molecule has 0 spiro atoms. The smallest absolute Gasteiger partial charge is 0.462 e. The zero-order valence-electron chi connectivity index (χ0n) is 24.2. The zero-order chi connectivity index (χ0) is 28.0. The first-order valence-electron chi connectivity index (χ1n) is 14.3. The van der Waals surface area contributed by atoms with E-state index in [9.17, 15) is 19.0 Å². The number of phosphoric acid groups is 1. The Bertz CT molecular complexity index is 638. The molecule has 1 N–H and O–H groups in total. The lowest BCUT2D eigenvalue weighted by molar-refractivity contribution is -0.870. The quantitative estimate of drug-likeness (QED) is 0.0620. The van der Waals surface area contributed by atoms with Gasteiger partial charge in [0.05, 0.1) is 27.7 Å². The number of carbonyl (C=O) groups is 2. The fourth-order valence-corrected chi connectivity index (χ4v) is 4.28. The first kappa shape index (κ1) is 36.0. The topological polar surface area (TPSA) is 108 Å². The van der Waals surface area contributed by atoms with Crippen LogP contribution < -0.4 is 0 Å². The van der Waals surface area contributed by atoms with Gasteiger partial charge in [0.15, 0.2) is 6.10 Å². The minimum absolute atomic E-state index is 0.0343. The lowest BCUT2D eigenvalue weighted by Crippen LogP contribution is -2.37. The van der Waals surface area contributed by atoms with Crippen LogP contribution in [0.5, 0.6) is 0 Å². The number of phosphoric ester groups is 1. The van der Waals surface area contributed by atoms with Gasteiger partial charge in [-0.05, 0) is 12.8 Å². The molecule has 0 heterocycles. The van der Waals surface area contributed by atoms with Crippen molar-refractivity contribution in [3.63, 3.8) is 0 Å². The van der Waals surface area contributed by atoms with Crippen LogP contribution in [0.3, 0.4) is 0 Å². The molecule has 0 fully saturated rings. The normalized spacial score (nSPS) is 14.2. The SMILES string of the molecule is CCCCCCCCCCCCC(=O)OC[C@@H](COP(=O)(O)OCC[N+](C)(C)C)OC(=O)CCCCC. The first-order chi connectivity index (χ1) is 17.5. The maximum atomic E-state index is 12.2. The molecule has 0 radical (unpaired) electrons. The number of unbranched alkanes of at least 4 members (excludes halogenated alkanes) is 11. The Morgan fingerprint density at radius 3 is 1.78 bits per heavy atom. The van der Waals surface area contributed by atoms with E-state index in [-0.39, 0.29) is 25.6 Å². The van der Waals surface area contributed by atoms with Crippen molar-refractivity contribution in [2.45, 2.75) is 116 Å². The molecular weight excluding hydrogens is 497 g/mol. The molecule has 0 bridgehead atoms. The van der Waals surface area contributed by atoms with Gasteiger partial charge in [-0.3, -0.25) is 18.6 Å². The van der Waals surface area contributed by atoms with Crippen molar-refractivity contribution >= 4 is 19.8 Å². The summed E-state index contributed by atoms with van der Waals surface area (Å²) >= 11 is 0. The Balaban J connectivity index is 4.40. The highest BCUT2D eigenvalue weighted by molar-refractivity contribution is 7.47. The lowest BCUT2D eigenvalue weighted by Gasteiger charge is -2.24. The number of quaternary nitrogens is 1. The largest absolute Gasteiger partial charge is 0.472 e.